The van der Waals surface area contributed by atoms with Gasteiger partial charge in [0.05, 0.1) is 5.56 Å². The maximum absolute atomic E-state index is 13.8. The highest BCUT2D eigenvalue weighted by atomic mass is 127. The van der Waals surface area contributed by atoms with Gasteiger partial charge >= 0.3 is 0 Å². The molecule has 1 saturated heterocycles. The highest BCUT2D eigenvalue weighted by Crippen LogP contribution is 2.24. The van der Waals surface area contributed by atoms with Crippen molar-refractivity contribution in [3.8, 4) is 0 Å². The number of benzene rings is 1. The monoisotopic (exact) mass is 390 g/mol. The van der Waals surface area contributed by atoms with Gasteiger partial charge in [-0.2, -0.15) is 0 Å². The number of piperidine rings is 1. The normalized spacial score (nSPS) is 16.4. The first-order valence-electron chi connectivity index (χ1n) is 7.01. The van der Waals surface area contributed by atoms with Crippen molar-refractivity contribution in [2.24, 2.45) is 5.92 Å². The fourth-order valence-corrected chi connectivity index (χ4v) is 3.33. The summed E-state index contributed by atoms with van der Waals surface area (Å²) in [6, 6.07) is 4.77. The van der Waals surface area contributed by atoms with Crippen LogP contribution in [0.4, 0.5) is 4.39 Å². The van der Waals surface area contributed by atoms with Crippen molar-refractivity contribution in [3.05, 3.63) is 33.1 Å². The van der Waals surface area contributed by atoms with Gasteiger partial charge in [-0.3, -0.25) is 4.79 Å². The Hall–Kier alpha value is -0.690. The zero-order chi connectivity index (χ0) is 14.5. The Morgan fingerprint density at radius 2 is 2.15 bits per heavy atom. The molecule has 0 atom stereocenters. The second-order valence-electron chi connectivity index (χ2n) is 5.22. The molecule has 0 aliphatic carbocycles. The molecule has 5 heteroatoms. The molecule has 0 bridgehead atoms. The summed E-state index contributed by atoms with van der Waals surface area (Å²) in [6.07, 6.45) is 3.17. The van der Waals surface area contributed by atoms with Crippen LogP contribution in [0.5, 0.6) is 0 Å². The molecule has 2 rings (SSSR count). The lowest BCUT2D eigenvalue weighted by atomic mass is 9.93. The van der Waals surface area contributed by atoms with Crippen LogP contribution >= 0.6 is 22.6 Å². The smallest absolute Gasteiger partial charge is 0.257 e. The van der Waals surface area contributed by atoms with Crippen molar-refractivity contribution in [1.29, 1.82) is 0 Å². The van der Waals surface area contributed by atoms with Gasteiger partial charge in [0.25, 0.3) is 5.91 Å². The summed E-state index contributed by atoms with van der Waals surface area (Å²) < 4.78 is 14.5. The van der Waals surface area contributed by atoms with Crippen molar-refractivity contribution in [2.75, 3.05) is 26.7 Å². The average Bonchev–Trinajstić information content (AvgIpc) is 2.45. The predicted molar refractivity (Wildman–Crippen MR) is 86.3 cm³/mol. The van der Waals surface area contributed by atoms with Crippen molar-refractivity contribution < 1.29 is 9.18 Å². The summed E-state index contributed by atoms with van der Waals surface area (Å²) in [6.45, 7) is 2.49. The molecule has 1 aliphatic heterocycles. The molecule has 1 aromatic carbocycles. The van der Waals surface area contributed by atoms with Crippen molar-refractivity contribution in [3.63, 3.8) is 0 Å². The van der Waals surface area contributed by atoms with E-state index in [-0.39, 0.29) is 11.5 Å². The highest BCUT2D eigenvalue weighted by molar-refractivity contribution is 14.1. The zero-order valence-corrected chi connectivity index (χ0v) is 13.8. The Kier molecular flexibility index (Phi) is 5.77. The first-order valence-corrected chi connectivity index (χ1v) is 8.09. The molecule has 0 radical (unpaired) electrons. The number of hydrogen-bond donors (Lipinski definition) is 1. The number of carbonyl (C=O) groups excluding carboxylic acids is 1. The van der Waals surface area contributed by atoms with Crippen LogP contribution in [0.2, 0.25) is 0 Å². The Morgan fingerprint density at radius 1 is 1.45 bits per heavy atom. The molecule has 1 fully saturated rings. The van der Waals surface area contributed by atoms with Crippen LogP contribution < -0.4 is 5.32 Å². The quantitative estimate of drug-likeness (QED) is 0.803. The number of carbonyl (C=O) groups is 1. The number of hydrogen-bond acceptors (Lipinski definition) is 2. The first kappa shape index (κ1) is 15.7. The van der Waals surface area contributed by atoms with E-state index < -0.39 is 5.82 Å². The fourth-order valence-electron chi connectivity index (χ4n) is 2.63. The molecule has 0 spiro atoms. The van der Waals surface area contributed by atoms with Crippen LogP contribution in [0.1, 0.15) is 29.6 Å². The summed E-state index contributed by atoms with van der Waals surface area (Å²) >= 11 is 2.02. The summed E-state index contributed by atoms with van der Waals surface area (Å²) in [4.78, 5) is 14.2. The van der Waals surface area contributed by atoms with Gasteiger partial charge in [0.2, 0.25) is 0 Å². The first-order chi connectivity index (χ1) is 9.63. The molecule has 1 aromatic rings. The van der Waals surface area contributed by atoms with Crippen LogP contribution in [0.15, 0.2) is 18.2 Å². The second kappa shape index (κ2) is 7.36. The molecule has 3 nitrogen and oxygen atoms in total. The Morgan fingerprint density at radius 3 is 2.75 bits per heavy atom. The maximum Gasteiger partial charge on any atom is 0.257 e. The molecular formula is C15H20FIN2O. The molecule has 1 N–H and O–H groups in total. The van der Waals surface area contributed by atoms with E-state index >= 15 is 0 Å². The minimum absolute atomic E-state index is 0.167. The Bertz CT molecular complexity index is 453. The SMILES string of the molecule is CNCCC1CCN(C(=O)c2c(F)cccc2I)CC1. The number of nitrogens with zero attached hydrogens (tertiary/aromatic N) is 1. The van der Waals surface area contributed by atoms with Gasteiger partial charge in [-0.15, -0.1) is 0 Å². The van der Waals surface area contributed by atoms with Gasteiger partial charge in [0.15, 0.2) is 0 Å². The van der Waals surface area contributed by atoms with Crippen LogP contribution in [-0.4, -0.2) is 37.5 Å². The minimum Gasteiger partial charge on any atom is -0.339 e. The molecule has 20 heavy (non-hydrogen) atoms. The Balaban J connectivity index is 1.98. The minimum atomic E-state index is -0.417. The molecular weight excluding hydrogens is 370 g/mol. The molecule has 0 saturated carbocycles. The van der Waals surface area contributed by atoms with Crippen molar-refractivity contribution >= 4 is 28.5 Å². The van der Waals surface area contributed by atoms with Gasteiger partial charge in [-0.05, 0) is 73.5 Å². The summed E-state index contributed by atoms with van der Waals surface area (Å²) in [5.74, 6) is 0.0879. The highest BCUT2D eigenvalue weighted by Gasteiger charge is 2.26. The molecule has 1 aliphatic rings. The van der Waals surface area contributed by atoms with Gasteiger partial charge in [0.1, 0.15) is 5.82 Å². The van der Waals surface area contributed by atoms with Gasteiger partial charge < -0.3 is 10.2 Å². The van der Waals surface area contributed by atoms with E-state index in [1.807, 2.05) is 29.6 Å². The molecule has 0 aromatic heterocycles. The third-order valence-electron chi connectivity index (χ3n) is 3.88. The number of halogens is 2. The van der Waals surface area contributed by atoms with Crippen molar-refractivity contribution in [2.45, 2.75) is 19.3 Å². The number of nitrogens with one attached hydrogen (secondary N) is 1. The lowest BCUT2D eigenvalue weighted by Crippen LogP contribution is -2.39. The largest absolute Gasteiger partial charge is 0.339 e. The molecule has 0 unspecified atom stereocenters. The molecule has 110 valence electrons. The summed E-state index contributed by atoms with van der Waals surface area (Å²) in [5.41, 5.74) is 0.224. The third kappa shape index (κ3) is 3.69. The fraction of sp³-hybridized carbons (Fsp3) is 0.533. The topological polar surface area (TPSA) is 32.3 Å². The average molecular weight is 390 g/mol. The maximum atomic E-state index is 13.8. The number of likely N-dealkylation sites (tertiary alicyclic amines) is 1. The standard InChI is InChI=1S/C15H20FIN2O/c1-18-8-5-11-6-9-19(10-7-11)15(20)14-12(16)3-2-4-13(14)17/h2-4,11,18H,5-10H2,1H3. The van der Waals surface area contributed by atoms with E-state index in [1.165, 1.54) is 6.07 Å². The van der Waals surface area contributed by atoms with E-state index in [9.17, 15) is 9.18 Å². The van der Waals surface area contributed by atoms with E-state index in [0.717, 1.165) is 38.9 Å². The number of rotatable bonds is 4. The summed E-state index contributed by atoms with van der Waals surface area (Å²) in [7, 11) is 1.96. The van der Waals surface area contributed by atoms with E-state index in [1.54, 1.807) is 17.0 Å². The lowest BCUT2D eigenvalue weighted by molar-refractivity contribution is 0.0681. The van der Waals surface area contributed by atoms with E-state index in [0.29, 0.717) is 9.49 Å². The summed E-state index contributed by atoms with van der Waals surface area (Å²) in [5, 5.41) is 3.16. The van der Waals surface area contributed by atoms with Crippen LogP contribution in [-0.2, 0) is 0 Å². The van der Waals surface area contributed by atoms with Gasteiger partial charge in [-0.1, -0.05) is 6.07 Å². The number of amides is 1. The van der Waals surface area contributed by atoms with Crippen LogP contribution in [0, 0.1) is 15.3 Å². The van der Waals surface area contributed by atoms with Gasteiger partial charge in [0, 0.05) is 16.7 Å². The van der Waals surface area contributed by atoms with E-state index in [2.05, 4.69) is 5.32 Å². The third-order valence-corrected chi connectivity index (χ3v) is 4.78. The molecule has 1 heterocycles. The van der Waals surface area contributed by atoms with Gasteiger partial charge in [-0.25, -0.2) is 4.39 Å². The zero-order valence-electron chi connectivity index (χ0n) is 11.7. The Labute approximate surface area is 133 Å². The van der Waals surface area contributed by atoms with Crippen LogP contribution in [0.3, 0.4) is 0 Å². The lowest BCUT2D eigenvalue weighted by Gasteiger charge is -2.32. The van der Waals surface area contributed by atoms with Crippen molar-refractivity contribution in [1.82, 2.24) is 10.2 Å². The van der Waals surface area contributed by atoms with Crippen LogP contribution in [0.25, 0.3) is 0 Å². The predicted octanol–water partition coefficient (Wildman–Crippen LogP) is 2.89. The second-order valence-corrected chi connectivity index (χ2v) is 6.39. The molecule has 1 amide bonds. The van der Waals surface area contributed by atoms with E-state index in [4.69, 9.17) is 0 Å².